The second kappa shape index (κ2) is 12.7. The number of aromatic nitrogens is 4. The van der Waals surface area contributed by atoms with Crippen LogP contribution in [-0.2, 0) is 25.8 Å². The average Bonchev–Trinajstić information content (AvgIpc) is 3.02. The number of benzene rings is 1. The predicted molar refractivity (Wildman–Crippen MR) is 158 cm³/mol. The minimum atomic E-state index is -4.86. The van der Waals surface area contributed by atoms with Crippen molar-refractivity contribution in [1.82, 2.24) is 24.8 Å². The lowest BCUT2D eigenvalue weighted by Gasteiger charge is -2.35. The first kappa shape index (κ1) is 32.2. The quantitative estimate of drug-likeness (QED) is 0.219. The fourth-order valence-electron chi connectivity index (χ4n) is 4.68. The summed E-state index contributed by atoms with van der Waals surface area (Å²) < 4.78 is 86.8. The third-order valence-corrected chi connectivity index (χ3v) is 8.35. The number of allylic oxidation sites excluding steroid dienone is 1. The Balaban J connectivity index is 1.43. The summed E-state index contributed by atoms with van der Waals surface area (Å²) in [5.41, 5.74) is 0.0233. The number of nitrogens with zero attached hydrogens (tertiary/aromatic N) is 6. The Morgan fingerprint density at radius 2 is 1.74 bits per heavy atom. The largest absolute Gasteiger partial charge is 0.480 e. The molecule has 1 aliphatic rings. The van der Waals surface area contributed by atoms with Gasteiger partial charge in [-0.25, -0.2) is 32.7 Å². The summed E-state index contributed by atoms with van der Waals surface area (Å²) in [4.78, 5) is 43.6. The number of alkyl halides is 3. The highest BCUT2D eigenvalue weighted by Gasteiger charge is 2.33. The second-order valence-electron chi connectivity index (χ2n) is 10.0. The number of ether oxygens (including phenoxy) is 1. The van der Waals surface area contributed by atoms with E-state index in [4.69, 9.17) is 9.72 Å². The van der Waals surface area contributed by atoms with Crippen LogP contribution in [0.1, 0.15) is 12.5 Å². The number of pyridine rings is 2. The molecule has 0 spiro atoms. The summed E-state index contributed by atoms with van der Waals surface area (Å²) in [6.45, 7) is 2.95. The van der Waals surface area contributed by atoms with Crippen LogP contribution in [0.5, 0.6) is 5.88 Å². The van der Waals surface area contributed by atoms with Crippen LogP contribution in [0.25, 0.3) is 22.3 Å². The molecule has 3 aromatic heterocycles. The molecule has 5 rings (SSSR count). The molecule has 4 aromatic rings. The monoisotopic (exact) mass is 659 g/mol. The van der Waals surface area contributed by atoms with E-state index in [1.807, 2.05) is 4.90 Å². The van der Waals surface area contributed by atoms with Crippen molar-refractivity contribution in [2.75, 3.05) is 42.9 Å². The number of carbonyl (C=O) groups excluding carboxylic acids is 2. The van der Waals surface area contributed by atoms with Crippen molar-refractivity contribution in [3.05, 3.63) is 72.5 Å². The van der Waals surface area contributed by atoms with Gasteiger partial charge >= 0.3 is 6.18 Å². The molecule has 0 bridgehead atoms. The highest BCUT2D eigenvalue weighted by atomic mass is 32.2. The van der Waals surface area contributed by atoms with Crippen molar-refractivity contribution in [1.29, 1.82) is 0 Å². The van der Waals surface area contributed by atoms with Gasteiger partial charge < -0.3 is 14.5 Å². The van der Waals surface area contributed by atoms with Crippen LogP contribution in [0.15, 0.2) is 66.0 Å². The zero-order valence-corrected chi connectivity index (χ0v) is 25.1. The first-order chi connectivity index (χ1) is 21.8. The minimum Gasteiger partial charge on any atom is -0.480 e. The summed E-state index contributed by atoms with van der Waals surface area (Å²) in [5, 5.41) is 0. The van der Waals surface area contributed by atoms with Gasteiger partial charge in [0.05, 0.1) is 23.9 Å². The summed E-state index contributed by atoms with van der Waals surface area (Å²) in [6.07, 6.45) is 0.344. The second-order valence-corrected chi connectivity index (χ2v) is 11.7. The molecule has 1 fully saturated rings. The summed E-state index contributed by atoms with van der Waals surface area (Å²) in [5.74, 6) is -1.78. The third kappa shape index (κ3) is 6.88. The number of methoxy groups -OCH3 is 1. The van der Waals surface area contributed by atoms with Crippen LogP contribution in [0.2, 0.25) is 0 Å². The van der Waals surface area contributed by atoms with Crippen molar-refractivity contribution in [3.63, 3.8) is 0 Å². The number of ketones is 1. The van der Waals surface area contributed by atoms with Crippen molar-refractivity contribution in [2.45, 2.75) is 18.0 Å². The maximum atomic E-state index is 14.5. The zero-order valence-electron chi connectivity index (χ0n) is 24.2. The smallest absolute Gasteiger partial charge is 0.416 e. The van der Waals surface area contributed by atoms with E-state index < -0.39 is 32.5 Å². The minimum absolute atomic E-state index is 0.0997. The average molecular weight is 660 g/mol. The molecule has 0 radical (unpaired) electrons. The van der Waals surface area contributed by atoms with Crippen LogP contribution >= 0.6 is 0 Å². The molecule has 240 valence electrons. The molecule has 17 heteroatoms. The van der Waals surface area contributed by atoms with Crippen LogP contribution in [0, 0.1) is 5.82 Å². The van der Waals surface area contributed by atoms with Gasteiger partial charge in [0.2, 0.25) is 11.8 Å². The molecular formula is C29H25F4N7O5S. The molecule has 4 heterocycles. The molecule has 0 aliphatic carbocycles. The summed E-state index contributed by atoms with van der Waals surface area (Å²) in [6, 6.07) is 5.72. The topological polar surface area (TPSA) is 148 Å². The van der Waals surface area contributed by atoms with E-state index in [0.29, 0.717) is 66.4 Å². The Hall–Kier alpha value is -5.19. The number of hydrogen-bond donors (Lipinski definition) is 1. The Morgan fingerprint density at radius 3 is 2.39 bits per heavy atom. The van der Waals surface area contributed by atoms with Crippen molar-refractivity contribution in [3.8, 4) is 17.1 Å². The molecule has 0 atom stereocenters. The zero-order chi connectivity index (χ0) is 33.2. The lowest BCUT2D eigenvalue weighted by Crippen LogP contribution is -2.48. The first-order valence-electron chi connectivity index (χ1n) is 13.5. The number of anilines is 2. The Labute approximate surface area is 259 Å². The van der Waals surface area contributed by atoms with Gasteiger partial charge in [-0.1, -0.05) is 0 Å². The van der Waals surface area contributed by atoms with Gasteiger partial charge in [-0.2, -0.15) is 13.2 Å². The van der Waals surface area contributed by atoms with Gasteiger partial charge in [0.1, 0.15) is 28.2 Å². The fourth-order valence-corrected chi connectivity index (χ4v) is 5.78. The number of piperazine rings is 1. The van der Waals surface area contributed by atoms with Crippen LogP contribution in [-0.4, -0.2) is 78.2 Å². The fraction of sp³-hybridized carbons (Fsp3) is 0.241. The van der Waals surface area contributed by atoms with E-state index in [9.17, 15) is 35.6 Å². The standard InChI is InChI=1S/C29H25F4N7O5S/c1-17(41)3-8-25(42)39-9-11-40(12-10-39)27-26-22(35-16-36-27)6-5-21(37-26)18-13-23(28(45-2)34-15-18)38-46(43,44)24-7-4-19(14-20(24)30)29(31,32)33/h3-8,13-16,38H,9-12H2,1-2H3/b8-3+. The number of hydrogen-bond acceptors (Lipinski definition) is 10. The molecule has 1 aromatic carbocycles. The maximum absolute atomic E-state index is 14.5. The number of amides is 1. The maximum Gasteiger partial charge on any atom is 0.416 e. The first-order valence-corrected chi connectivity index (χ1v) is 15.0. The summed E-state index contributed by atoms with van der Waals surface area (Å²) in [7, 11) is -3.50. The molecule has 0 unspecified atom stereocenters. The Kier molecular flexibility index (Phi) is 8.87. The molecule has 46 heavy (non-hydrogen) atoms. The molecular weight excluding hydrogens is 634 g/mol. The number of carbonyl (C=O) groups is 2. The van der Waals surface area contributed by atoms with Crippen LogP contribution < -0.4 is 14.4 Å². The van der Waals surface area contributed by atoms with E-state index in [0.717, 1.165) is 0 Å². The SMILES string of the molecule is COc1ncc(-c2ccc3ncnc(N4CCN(C(=O)/C=C/C(C)=O)CC4)c3n2)cc1NS(=O)(=O)c1ccc(C(F)(F)F)cc1F. The van der Waals surface area contributed by atoms with Gasteiger partial charge in [-0.05, 0) is 49.4 Å². The van der Waals surface area contributed by atoms with Gasteiger partial charge in [-0.3, -0.25) is 14.3 Å². The highest BCUT2D eigenvalue weighted by Crippen LogP contribution is 2.34. The molecule has 0 saturated carbocycles. The lowest BCUT2D eigenvalue weighted by molar-refractivity contribution is -0.137. The molecule has 1 amide bonds. The predicted octanol–water partition coefficient (Wildman–Crippen LogP) is 3.85. The molecule has 1 saturated heterocycles. The van der Waals surface area contributed by atoms with Crippen molar-refractivity contribution < 1.29 is 40.3 Å². The normalized spacial score (nSPS) is 14.1. The van der Waals surface area contributed by atoms with Crippen LogP contribution in [0.3, 0.4) is 0 Å². The number of fused-ring (bicyclic) bond motifs is 1. The van der Waals surface area contributed by atoms with E-state index in [1.165, 1.54) is 44.8 Å². The third-order valence-electron chi connectivity index (χ3n) is 6.95. The lowest BCUT2D eigenvalue weighted by atomic mass is 10.1. The van der Waals surface area contributed by atoms with E-state index in [-0.39, 0.29) is 29.3 Å². The van der Waals surface area contributed by atoms with Gasteiger partial charge in [-0.15, -0.1) is 0 Å². The van der Waals surface area contributed by atoms with E-state index >= 15 is 0 Å². The summed E-state index contributed by atoms with van der Waals surface area (Å²) >= 11 is 0. The van der Waals surface area contributed by atoms with E-state index in [1.54, 1.807) is 17.0 Å². The molecule has 1 N–H and O–H groups in total. The van der Waals surface area contributed by atoms with Crippen molar-refractivity contribution in [2.24, 2.45) is 0 Å². The molecule has 1 aliphatic heterocycles. The van der Waals surface area contributed by atoms with Crippen molar-refractivity contribution >= 4 is 44.3 Å². The van der Waals surface area contributed by atoms with E-state index in [2.05, 4.69) is 19.7 Å². The number of rotatable bonds is 8. The number of sulfonamides is 1. The number of nitrogens with one attached hydrogen (secondary N) is 1. The molecule has 12 nitrogen and oxygen atoms in total. The van der Waals surface area contributed by atoms with Gasteiger partial charge in [0.15, 0.2) is 11.6 Å². The Morgan fingerprint density at radius 1 is 1.00 bits per heavy atom. The highest BCUT2D eigenvalue weighted by molar-refractivity contribution is 7.92. The van der Waals surface area contributed by atoms with Gasteiger partial charge in [0, 0.05) is 44.0 Å². The number of halogens is 4. The Bertz CT molecular complexity index is 1960. The van der Waals surface area contributed by atoms with Crippen LogP contribution in [0.4, 0.5) is 29.1 Å². The van der Waals surface area contributed by atoms with Gasteiger partial charge in [0.25, 0.3) is 10.0 Å².